The zero-order chi connectivity index (χ0) is 16.9. The lowest BCUT2D eigenvalue weighted by molar-refractivity contribution is 0.101. The Hall–Kier alpha value is -3.49. The average molecular weight is 327 g/mol. The van der Waals surface area contributed by atoms with Crippen molar-refractivity contribution in [1.82, 2.24) is 20.2 Å². The van der Waals surface area contributed by atoms with Gasteiger partial charge in [-0.05, 0) is 19.1 Å². The topological polar surface area (TPSA) is 123 Å². The molecule has 2 heterocycles. The van der Waals surface area contributed by atoms with Crippen molar-refractivity contribution >= 4 is 11.9 Å². The van der Waals surface area contributed by atoms with E-state index in [1.54, 1.807) is 12.1 Å². The molecule has 0 radical (unpaired) electrons. The Balaban J connectivity index is 1.80. The second kappa shape index (κ2) is 6.73. The van der Waals surface area contributed by atoms with E-state index in [-0.39, 0.29) is 17.6 Å². The quantitative estimate of drug-likeness (QED) is 0.727. The third kappa shape index (κ3) is 3.29. The molecule has 0 bridgehead atoms. The number of amides is 1. The van der Waals surface area contributed by atoms with Crippen LogP contribution in [0.3, 0.4) is 0 Å². The van der Waals surface area contributed by atoms with Gasteiger partial charge in [0.2, 0.25) is 0 Å². The van der Waals surface area contributed by atoms with Gasteiger partial charge >= 0.3 is 6.01 Å². The lowest BCUT2D eigenvalue weighted by Crippen LogP contribution is -2.17. The summed E-state index contributed by atoms with van der Waals surface area (Å²) >= 11 is 0. The first kappa shape index (κ1) is 15.4. The van der Waals surface area contributed by atoms with Crippen molar-refractivity contribution in [3.05, 3.63) is 52.7 Å². The second-order valence-corrected chi connectivity index (χ2v) is 4.59. The van der Waals surface area contributed by atoms with Crippen molar-refractivity contribution in [2.45, 2.75) is 6.92 Å². The number of aromatic amines is 1. The molecule has 122 valence electrons. The fraction of sp³-hybridized carbons (Fsp3) is 0.133. The lowest BCUT2D eigenvalue weighted by Gasteiger charge is -2.06. The van der Waals surface area contributed by atoms with E-state index in [4.69, 9.17) is 9.15 Å². The number of para-hydroxylation sites is 1. The smallest absolute Gasteiger partial charge is 0.322 e. The van der Waals surface area contributed by atoms with Gasteiger partial charge in [0, 0.05) is 6.20 Å². The summed E-state index contributed by atoms with van der Waals surface area (Å²) in [4.78, 5) is 29.0. The molecule has 2 N–H and O–H groups in total. The number of aromatic nitrogens is 4. The van der Waals surface area contributed by atoms with Crippen LogP contribution in [0, 0.1) is 0 Å². The molecule has 0 aliphatic heterocycles. The number of hydrogen-bond acceptors (Lipinski definition) is 7. The van der Waals surface area contributed by atoms with Gasteiger partial charge in [0.15, 0.2) is 0 Å². The van der Waals surface area contributed by atoms with E-state index < -0.39 is 11.5 Å². The van der Waals surface area contributed by atoms with Crippen LogP contribution < -0.4 is 15.6 Å². The van der Waals surface area contributed by atoms with Crippen LogP contribution in [0.4, 0.5) is 6.01 Å². The first-order chi connectivity index (χ1) is 11.7. The monoisotopic (exact) mass is 327 g/mol. The van der Waals surface area contributed by atoms with E-state index in [0.717, 1.165) is 6.20 Å². The number of rotatable bonds is 5. The molecule has 0 atom stereocenters. The Bertz CT molecular complexity index is 897. The highest BCUT2D eigenvalue weighted by Gasteiger charge is 2.16. The minimum atomic E-state index is -0.584. The number of carbonyl (C=O) groups is 1. The minimum absolute atomic E-state index is 0.0177. The largest absolute Gasteiger partial charge is 0.493 e. The first-order valence-corrected chi connectivity index (χ1v) is 7.09. The zero-order valence-electron chi connectivity index (χ0n) is 12.6. The van der Waals surface area contributed by atoms with Gasteiger partial charge in [-0.15, -0.1) is 5.10 Å². The summed E-state index contributed by atoms with van der Waals surface area (Å²) in [7, 11) is 0. The molecule has 0 aliphatic carbocycles. The Kier molecular flexibility index (Phi) is 4.32. The van der Waals surface area contributed by atoms with Crippen molar-refractivity contribution in [2.24, 2.45) is 0 Å². The normalized spacial score (nSPS) is 10.4. The van der Waals surface area contributed by atoms with Crippen molar-refractivity contribution in [3.8, 4) is 17.2 Å². The van der Waals surface area contributed by atoms with E-state index in [1.165, 1.54) is 6.20 Å². The average Bonchev–Trinajstić information content (AvgIpc) is 3.04. The van der Waals surface area contributed by atoms with Crippen LogP contribution in [0.2, 0.25) is 0 Å². The predicted molar refractivity (Wildman–Crippen MR) is 83.7 cm³/mol. The third-order valence-electron chi connectivity index (χ3n) is 2.97. The van der Waals surface area contributed by atoms with Crippen molar-refractivity contribution < 1.29 is 13.9 Å². The van der Waals surface area contributed by atoms with Crippen molar-refractivity contribution in [2.75, 3.05) is 11.9 Å². The lowest BCUT2D eigenvalue weighted by atomic mass is 10.2. The van der Waals surface area contributed by atoms with Crippen molar-refractivity contribution in [1.29, 1.82) is 0 Å². The number of anilines is 1. The Morgan fingerprint density at radius 1 is 1.33 bits per heavy atom. The van der Waals surface area contributed by atoms with Crippen LogP contribution >= 0.6 is 0 Å². The van der Waals surface area contributed by atoms with Gasteiger partial charge in [-0.3, -0.25) is 14.9 Å². The van der Waals surface area contributed by atoms with Gasteiger partial charge in [-0.25, -0.2) is 4.98 Å². The molecular weight excluding hydrogens is 314 g/mol. The third-order valence-corrected chi connectivity index (χ3v) is 2.97. The van der Waals surface area contributed by atoms with E-state index in [1.807, 2.05) is 19.1 Å². The maximum Gasteiger partial charge on any atom is 0.322 e. The molecule has 0 aliphatic rings. The molecule has 2 aromatic heterocycles. The molecule has 0 unspecified atom stereocenters. The van der Waals surface area contributed by atoms with Gasteiger partial charge in [0.25, 0.3) is 17.4 Å². The Morgan fingerprint density at radius 3 is 2.92 bits per heavy atom. The van der Waals surface area contributed by atoms with Crippen LogP contribution in [0.1, 0.15) is 17.4 Å². The van der Waals surface area contributed by atoms with Crippen LogP contribution in [-0.4, -0.2) is 32.7 Å². The summed E-state index contributed by atoms with van der Waals surface area (Å²) in [5.41, 5.74) is 0.234. The molecule has 0 saturated heterocycles. The fourth-order valence-corrected chi connectivity index (χ4v) is 1.93. The molecular formula is C15H13N5O4. The Morgan fingerprint density at radius 2 is 2.17 bits per heavy atom. The number of ether oxygens (including phenoxy) is 1. The molecule has 24 heavy (non-hydrogen) atoms. The number of nitrogens with one attached hydrogen (secondary N) is 2. The predicted octanol–water partition coefficient (Wildman–Crippen LogP) is 1.47. The summed E-state index contributed by atoms with van der Waals surface area (Å²) < 4.78 is 10.9. The standard InChI is InChI=1S/C15H13N5O4/c1-2-23-11-6-4-3-5-9(11)14-19-20-15(24-14)18-13(22)10-7-17-12(21)8-16-10/h3-8H,2H2,1H3,(H,17,21)(H,18,20,22). The highest BCUT2D eigenvalue weighted by molar-refractivity contribution is 6.01. The maximum absolute atomic E-state index is 12.0. The number of hydrogen-bond donors (Lipinski definition) is 2. The summed E-state index contributed by atoms with van der Waals surface area (Å²) in [5.74, 6) is 0.229. The van der Waals surface area contributed by atoms with Crippen LogP contribution in [0.15, 0.2) is 45.9 Å². The second-order valence-electron chi connectivity index (χ2n) is 4.59. The number of carbonyl (C=O) groups excluding carboxylic acids is 1. The van der Waals surface area contributed by atoms with Crippen LogP contribution in [-0.2, 0) is 0 Å². The molecule has 1 aromatic carbocycles. The molecule has 0 saturated carbocycles. The fourth-order valence-electron chi connectivity index (χ4n) is 1.93. The van der Waals surface area contributed by atoms with E-state index in [9.17, 15) is 9.59 Å². The molecule has 3 rings (SSSR count). The van der Waals surface area contributed by atoms with Crippen molar-refractivity contribution in [3.63, 3.8) is 0 Å². The molecule has 9 nitrogen and oxygen atoms in total. The number of nitrogens with zero attached hydrogens (tertiary/aromatic N) is 3. The Labute approximate surface area is 135 Å². The maximum atomic E-state index is 12.0. The number of H-pyrrole nitrogens is 1. The van der Waals surface area contributed by atoms with E-state index in [0.29, 0.717) is 17.9 Å². The van der Waals surface area contributed by atoms with Gasteiger partial charge in [0.1, 0.15) is 11.4 Å². The first-order valence-electron chi connectivity index (χ1n) is 7.09. The molecule has 3 aromatic rings. The minimum Gasteiger partial charge on any atom is -0.493 e. The molecule has 1 amide bonds. The summed E-state index contributed by atoms with van der Waals surface area (Å²) in [6.45, 7) is 2.36. The van der Waals surface area contributed by atoms with Crippen LogP contribution in [0.25, 0.3) is 11.5 Å². The summed E-state index contributed by atoms with van der Waals surface area (Å²) in [5, 5.41) is 10.1. The SMILES string of the molecule is CCOc1ccccc1-c1nnc(NC(=O)c2c[nH]c(=O)cn2)o1. The van der Waals surface area contributed by atoms with Crippen LogP contribution in [0.5, 0.6) is 5.75 Å². The van der Waals surface area contributed by atoms with Gasteiger partial charge < -0.3 is 14.1 Å². The molecule has 0 fully saturated rings. The van der Waals surface area contributed by atoms with Gasteiger partial charge in [-0.1, -0.05) is 17.2 Å². The molecule has 0 spiro atoms. The van der Waals surface area contributed by atoms with Gasteiger partial charge in [-0.2, -0.15) is 0 Å². The van der Waals surface area contributed by atoms with Gasteiger partial charge in [0.05, 0.1) is 18.4 Å². The summed E-state index contributed by atoms with van der Waals surface area (Å²) in [6, 6.07) is 7.10. The van der Waals surface area contributed by atoms with E-state index >= 15 is 0 Å². The highest BCUT2D eigenvalue weighted by atomic mass is 16.5. The zero-order valence-corrected chi connectivity index (χ0v) is 12.6. The summed E-state index contributed by atoms with van der Waals surface area (Å²) in [6.07, 6.45) is 2.20. The number of benzene rings is 1. The van der Waals surface area contributed by atoms with E-state index in [2.05, 4.69) is 25.5 Å². The highest BCUT2D eigenvalue weighted by Crippen LogP contribution is 2.29. The molecule has 9 heteroatoms.